The molecule has 176 valence electrons. The van der Waals surface area contributed by atoms with E-state index in [1.54, 1.807) is 12.1 Å². The van der Waals surface area contributed by atoms with Crippen LogP contribution in [0, 0.1) is 0 Å². The van der Waals surface area contributed by atoms with Crippen molar-refractivity contribution in [3.63, 3.8) is 0 Å². The Bertz CT molecular complexity index is 1540. The highest BCUT2D eigenvalue weighted by Gasteiger charge is 2.23. The van der Waals surface area contributed by atoms with E-state index < -0.39 is 6.03 Å². The van der Waals surface area contributed by atoms with E-state index in [9.17, 15) is 9.59 Å². The standard InChI is InChI=1S/C29H23N5O2/c35-28-25(27(22-15-7-2-8-16-22)33-34(28)24-19-11-4-12-20-24)26(21-13-5-1-6-14-21)31-32-29(36)30-23-17-9-3-10-18-23/h1-20,33H,(H2,30,32,36)/b31-26+. The van der Waals surface area contributed by atoms with Crippen molar-refractivity contribution in [2.45, 2.75) is 0 Å². The summed E-state index contributed by atoms with van der Waals surface area (Å²) in [4.78, 5) is 26.5. The van der Waals surface area contributed by atoms with Gasteiger partial charge in [0.15, 0.2) is 0 Å². The van der Waals surface area contributed by atoms with Crippen LogP contribution in [0.2, 0.25) is 0 Å². The second-order valence-corrected chi connectivity index (χ2v) is 7.96. The lowest BCUT2D eigenvalue weighted by Gasteiger charge is -2.09. The number of carbonyl (C=O) groups is 1. The first-order valence-electron chi connectivity index (χ1n) is 11.4. The number of para-hydroxylation sites is 2. The summed E-state index contributed by atoms with van der Waals surface area (Å²) >= 11 is 0. The molecule has 0 fully saturated rings. The highest BCUT2D eigenvalue weighted by molar-refractivity contribution is 6.16. The van der Waals surface area contributed by atoms with Crippen molar-refractivity contribution < 1.29 is 4.79 Å². The van der Waals surface area contributed by atoms with Crippen molar-refractivity contribution in [2.75, 3.05) is 5.32 Å². The van der Waals surface area contributed by atoms with E-state index in [0.29, 0.717) is 33.9 Å². The largest absolute Gasteiger partial charge is 0.339 e. The average molecular weight is 474 g/mol. The number of aromatic amines is 1. The molecule has 7 heteroatoms. The molecule has 1 aromatic heterocycles. The van der Waals surface area contributed by atoms with Gasteiger partial charge in [0.05, 0.1) is 16.9 Å². The number of anilines is 1. The minimum absolute atomic E-state index is 0.284. The molecule has 5 rings (SSSR count). The number of H-pyrrole nitrogens is 1. The first kappa shape index (κ1) is 22.6. The molecule has 0 radical (unpaired) electrons. The molecule has 2 amide bonds. The van der Waals surface area contributed by atoms with Crippen LogP contribution >= 0.6 is 0 Å². The summed E-state index contributed by atoms with van der Waals surface area (Å²) in [6.45, 7) is 0. The Balaban J connectivity index is 1.64. The first-order chi connectivity index (χ1) is 17.7. The lowest BCUT2D eigenvalue weighted by atomic mass is 9.99. The fourth-order valence-corrected chi connectivity index (χ4v) is 3.88. The number of carbonyl (C=O) groups excluding carboxylic acids is 1. The Morgan fingerprint density at radius 2 is 1.28 bits per heavy atom. The Hall–Kier alpha value is -5.17. The van der Waals surface area contributed by atoms with Crippen molar-refractivity contribution >= 4 is 17.4 Å². The predicted molar refractivity (Wildman–Crippen MR) is 143 cm³/mol. The van der Waals surface area contributed by atoms with E-state index in [1.807, 2.05) is 109 Å². The monoisotopic (exact) mass is 473 g/mol. The second-order valence-electron chi connectivity index (χ2n) is 7.96. The van der Waals surface area contributed by atoms with E-state index in [-0.39, 0.29) is 5.56 Å². The number of nitrogens with one attached hydrogen (secondary N) is 3. The molecule has 0 atom stereocenters. The summed E-state index contributed by atoms with van der Waals surface area (Å²) in [5.74, 6) is 0. The molecule has 7 nitrogen and oxygen atoms in total. The highest BCUT2D eigenvalue weighted by Crippen LogP contribution is 2.23. The molecule has 3 N–H and O–H groups in total. The van der Waals surface area contributed by atoms with Crippen LogP contribution in [0.5, 0.6) is 0 Å². The normalized spacial score (nSPS) is 11.2. The fourth-order valence-electron chi connectivity index (χ4n) is 3.88. The summed E-state index contributed by atoms with van der Waals surface area (Å²) in [6.07, 6.45) is 0. The van der Waals surface area contributed by atoms with Gasteiger partial charge < -0.3 is 5.32 Å². The molecule has 0 saturated heterocycles. The van der Waals surface area contributed by atoms with Gasteiger partial charge in [0.1, 0.15) is 5.71 Å². The van der Waals surface area contributed by atoms with Crippen molar-refractivity contribution in [2.24, 2.45) is 5.10 Å². The van der Waals surface area contributed by atoms with Crippen molar-refractivity contribution in [3.05, 3.63) is 143 Å². The molecular weight excluding hydrogens is 450 g/mol. The number of hydrogen-bond donors (Lipinski definition) is 3. The first-order valence-corrected chi connectivity index (χ1v) is 11.4. The van der Waals surface area contributed by atoms with Gasteiger partial charge in [-0.1, -0.05) is 97.1 Å². The van der Waals surface area contributed by atoms with Crippen LogP contribution in [0.3, 0.4) is 0 Å². The quantitative estimate of drug-likeness (QED) is 0.227. The maximum Gasteiger partial charge on any atom is 0.339 e. The number of nitrogens with zero attached hydrogens (tertiary/aromatic N) is 2. The molecule has 0 spiro atoms. The molecule has 36 heavy (non-hydrogen) atoms. The topological polar surface area (TPSA) is 91.3 Å². The maximum atomic E-state index is 13.8. The lowest BCUT2D eigenvalue weighted by molar-refractivity contribution is 0.252. The molecule has 1 heterocycles. The SMILES string of the molecule is O=C(N/N=C(\c1ccccc1)c1c(-c2ccccc2)[nH]n(-c2ccccc2)c1=O)Nc1ccccc1. The van der Waals surface area contributed by atoms with Gasteiger partial charge in [0, 0.05) is 16.8 Å². The van der Waals surface area contributed by atoms with Gasteiger partial charge in [-0.2, -0.15) is 5.10 Å². The smallest absolute Gasteiger partial charge is 0.307 e. The number of amides is 2. The van der Waals surface area contributed by atoms with Crippen molar-refractivity contribution in [1.29, 1.82) is 0 Å². The zero-order chi connectivity index (χ0) is 24.7. The van der Waals surface area contributed by atoms with Crippen LogP contribution < -0.4 is 16.3 Å². The Kier molecular flexibility index (Phi) is 6.53. The molecule has 0 saturated carbocycles. The van der Waals surface area contributed by atoms with E-state index in [0.717, 1.165) is 5.56 Å². The number of hydrogen-bond acceptors (Lipinski definition) is 3. The number of hydrazone groups is 1. The average Bonchev–Trinajstić information content (AvgIpc) is 3.28. The van der Waals surface area contributed by atoms with Crippen LogP contribution in [0.25, 0.3) is 16.9 Å². The van der Waals surface area contributed by atoms with Crippen LogP contribution in [0.15, 0.2) is 131 Å². The predicted octanol–water partition coefficient (Wildman–Crippen LogP) is 5.41. The summed E-state index contributed by atoms with van der Waals surface area (Å²) in [5, 5.41) is 10.4. The number of urea groups is 1. The van der Waals surface area contributed by atoms with E-state index in [4.69, 9.17) is 0 Å². The second kappa shape index (κ2) is 10.4. The van der Waals surface area contributed by atoms with Crippen LogP contribution in [-0.4, -0.2) is 21.5 Å². The van der Waals surface area contributed by atoms with Crippen LogP contribution in [0.1, 0.15) is 11.1 Å². The maximum absolute atomic E-state index is 13.8. The zero-order valence-electron chi connectivity index (χ0n) is 19.3. The van der Waals surface area contributed by atoms with Crippen LogP contribution in [-0.2, 0) is 0 Å². The lowest BCUT2D eigenvalue weighted by Crippen LogP contribution is -2.28. The van der Waals surface area contributed by atoms with E-state index in [1.165, 1.54) is 4.68 Å². The van der Waals surface area contributed by atoms with E-state index >= 15 is 0 Å². The molecule has 0 aliphatic rings. The van der Waals surface area contributed by atoms with Gasteiger partial charge in [0.2, 0.25) is 0 Å². The summed E-state index contributed by atoms with van der Waals surface area (Å²) in [6, 6.07) is 36.7. The van der Waals surface area contributed by atoms with Gasteiger partial charge in [-0.25, -0.2) is 14.9 Å². The molecule has 4 aromatic carbocycles. The molecule has 0 aliphatic heterocycles. The third kappa shape index (κ3) is 4.85. The number of aromatic nitrogens is 2. The Morgan fingerprint density at radius 1 is 0.722 bits per heavy atom. The summed E-state index contributed by atoms with van der Waals surface area (Å²) < 4.78 is 1.49. The minimum atomic E-state index is -0.519. The molecule has 0 unspecified atom stereocenters. The van der Waals surface area contributed by atoms with Gasteiger partial charge in [-0.3, -0.25) is 9.89 Å². The summed E-state index contributed by atoms with van der Waals surface area (Å²) in [7, 11) is 0. The van der Waals surface area contributed by atoms with E-state index in [2.05, 4.69) is 20.9 Å². The van der Waals surface area contributed by atoms with Crippen LogP contribution in [0.4, 0.5) is 10.5 Å². The van der Waals surface area contributed by atoms with Gasteiger partial charge in [0.25, 0.3) is 5.56 Å². The molecule has 0 aliphatic carbocycles. The molecule has 0 bridgehead atoms. The molecular formula is C29H23N5O2. The van der Waals surface area contributed by atoms with Crippen molar-refractivity contribution in [3.8, 4) is 16.9 Å². The third-order valence-electron chi connectivity index (χ3n) is 5.55. The minimum Gasteiger partial charge on any atom is -0.307 e. The van der Waals surface area contributed by atoms with Crippen molar-refractivity contribution in [1.82, 2.24) is 15.2 Å². The number of rotatable bonds is 6. The summed E-state index contributed by atoms with van der Waals surface area (Å²) in [5.41, 5.74) is 6.37. The highest BCUT2D eigenvalue weighted by atomic mass is 16.2. The Labute approximate surface area is 207 Å². The van der Waals surface area contributed by atoms with Gasteiger partial charge >= 0.3 is 6.03 Å². The Morgan fingerprint density at radius 3 is 1.92 bits per heavy atom. The third-order valence-corrected chi connectivity index (χ3v) is 5.55. The zero-order valence-corrected chi connectivity index (χ0v) is 19.3. The van der Waals surface area contributed by atoms with Gasteiger partial charge in [-0.05, 0) is 24.3 Å². The fraction of sp³-hybridized carbons (Fsp3) is 0. The van der Waals surface area contributed by atoms with Gasteiger partial charge in [-0.15, -0.1) is 0 Å². The number of benzene rings is 4. The molecule has 5 aromatic rings.